The van der Waals surface area contributed by atoms with Crippen LogP contribution in [0.5, 0.6) is 11.5 Å². The molecule has 3 aromatic carbocycles. The monoisotopic (exact) mass is 649 g/mol. The largest absolute Gasteiger partial charge is 0.493 e. The molecule has 232 valence electrons. The number of benzene rings is 3. The molecule has 0 aliphatic heterocycles. The highest BCUT2D eigenvalue weighted by Crippen LogP contribution is 2.32. The van der Waals surface area contributed by atoms with Crippen LogP contribution in [0.25, 0.3) is 0 Å². The second-order valence-corrected chi connectivity index (χ2v) is 12.6. The van der Waals surface area contributed by atoms with Crippen LogP contribution in [0.1, 0.15) is 39.2 Å². The molecule has 0 aliphatic carbocycles. The van der Waals surface area contributed by atoms with Crippen LogP contribution in [0, 0.1) is 0 Å². The summed E-state index contributed by atoms with van der Waals surface area (Å²) >= 11 is 12.4. The van der Waals surface area contributed by atoms with E-state index in [0.717, 1.165) is 4.31 Å². The lowest BCUT2D eigenvalue weighted by molar-refractivity contribution is -0.140. The van der Waals surface area contributed by atoms with Gasteiger partial charge >= 0.3 is 0 Å². The molecule has 0 aliphatic rings. The topological polar surface area (TPSA) is 105 Å². The normalized spacial score (nSPS) is 12.6. The summed E-state index contributed by atoms with van der Waals surface area (Å²) in [6, 6.07) is 16.5. The van der Waals surface area contributed by atoms with E-state index in [2.05, 4.69) is 5.32 Å². The molecule has 0 unspecified atom stereocenters. The van der Waals surface area contributed by atoms with E-state index in [-0.39, 0.29) is 34.8 Å². The number of ether oxygens (including phenoxy) is 2. The molecule has 0 bridgehead atoms. The van der Waals surface area contributed by atoms with Crippen LogP contribution in [0.4, 0.5) is 5.69 Å². The van der Waals surface area contributed by atoms with E-state index in [9.17, 15) is 18.0 Å². The maximum atomic E-state index is 14.2. The average Bonchev–Trinajstić information content (AvgIpc) is 3.01. The number of amides is 2. The molecule has 3 aromatic rings. The van der Waals surface area contributed by atoms with E-state index < -0.39 is 28.5 Å². The van der Waals surface area contributed by atoms with Crippen molar-refractivity contribution in [1.29, 1.82) is 0 Å². The second kappa shape index (κ2) is 15.3. The van der Waals surface area contributed by atoms with Crippen molar-refractivity contribution in [2.45, 2.75) is 57.1 Å². The number of carbonyl (C=O) groups excluding carboxylic acids is 2. The zero-order valence-corrected chi connectivity index (χ0v) is 27.2. The number of hydrogen-bond donors (Lipinski definition) is 1. The van der Waals surface area contributed by atoms with Gasteiger partial charge in [0.2, 0.25) is 11.8 Å². The van der Waals surface area contributed by atoms with E-state index in [1.54, 1.807) is 55.5 Å². The average molecular weight is 651 g/mol. The number of para-hydroxylation sites is 1. The lowest BCUT2D eigenvalue weighted by atomic mass is 10.1. The van der Waals surface area contributed by atoms with Crippen molar-refractivity contribution < 1.29 is 27.5 Å². The Morgan fingerprint density at radius 1 is 0.884 bits per heavy atom. The van der Waals surface area contributed by atoms with Crippen LogP contribution in [0.3, 0.4) is 0 Å². The smallest absolute Gasteiger partial charge is 0.264 e. The first kappa shape index (κ1) is 34.0. The Morgan fingerprint density at radius 3 is 2.14 bits per heavy atom. The standard InChI is InChI=1S/C31H37Cl2N3O6S/c1-6-21(3)34-31(38)27(7-2)35(19-22-13-15-25(32)26(33)17-22)30(37)20-36(23-11-9-8-10-12-23)43(39,40)24-14-16-28(41-4)29(18-24)42-5/h8-18,21,27H,6-7,19-20H2,1-5H3,(H,34,38)/t21-,27+/m0/s1. The minimum Gasteiger partial charge on any atom is -0.493 e. The van der Waals surface area contributed by atoms with Gasteiger partial charge in [-0.25, -0.2) is 8.42 Å². The molecule has 0 spiro atoms. The Hall–Kier alpha value is -3.47. The van der Waals surface area contributed by atoms with E-state index in [4.69, 9.17) is 32.7 Å². The van der Waals surface area contributed by atoms with E-state index >= 15 is 0 Å². The lowest BCUT2D eigenvalue weighted by Gasteiger charge is -2.33. The van der Waals surface area contributed by atoms with Crippen LogP contribution < -0.4 is 19.1 Å². The molecule has 0 fully saturated rings. The number of nitrogens with one attached hydrogen (secondary N) is 1. The highest BCUT2D eigenvalue weighted by molar-refractivity contribution is 7.92. The SMILES string of the molecule is CC[C@H](C(=O)N[C@@H](C)CC)N(Cc1ccc(Cl)c(Cl)c1)C(=O)CN(c1ccccc1)S(=O)(=O)c1ccc(OC)c(OC)c1. The molecule has 2 atom stereocenters. The summed E-state index contributed by atoms with van der Waals surface area (Å²) in [7, 11) is -1.43. The number of sulfonamides is 1. The van der Waals surface area contributed by atoms with Gasteiger partial charge in [0.25, 0.3) is 10.0 Å². The van der Waals surface area contributed by atoms with Gasteiger partial charge in [-0.2, -0.15) is 0 Å². The molecular weight excluding hydrogens is 613 g/mol. The highest BCUT2D eigenvalue weighted by atomic mass is 35.5. The third-order valence-corrected chi connectivity index (χ3v) is 9.50. The summed E-state index contributed by atoms with van der Waals surface area (Å²) in [6.45, 7) is 5.05. The van der Waals surface area contributed by atoms with E-state index in [0.29, 0.717) is 34.2 Å². The molecule has 3 rings (SSSR count). The predicted molar refractivity (Wildman–Crippen MR) is 170 cm³/mol. The van der Waals surface area contributed by atoms with Crippen molar-refractivity contribution in [2.24, 2.45) is 0 Å². The molecule has 0 radical (unpaired) electrons. The first-order chi connectivity index (χ1) is 20.5. The first-order valence-corrected chi connectivity index (χ1v) is 16.0. The summed E-state index contributed by atoms with van der Waals surface area (Å²) in [4.78, 5) is 28.9. The minimum absolute atomic E-state index is 0.00118. The van der Waals surface area contributed by atoms with Crippen molar-refractivity contribution in [2.75, 3.05) is 25.1 Å². The maximum absolute atomic E-state index is 14.2. The van der Waals surface area contributed by atoms with Gasteiger partial charge in [0.05, 0.1) is 34.8 Å². The number of halogens is 2. The summed E-state index contributed by atoms with van der Waals surface area (Å²) in [5.74, 6) is -0.337. The zero-order chi connectivity index (χ0) is 31.7. The number of rotatable bonds is 14. The number of nitrogens with zero attached hydrogens (tertiary/aromatic N) is 2. The van der Waals surface area contributed by atoms with Gasteiger partial charge in [-0.05, 0) is 61.7 Å². The summed E-state index contributed by atoms with van der Waals surface area (Å²) in [5, 5.41) is 3.59. The van der Waals surface area contributed by atoms with Crippen molar-refractivity contribution in [3.63, 3.8) is 0 Å². The van der Waals surface area contributed by atoms with Gasteiger partial charge in [0.1, 0.15) is 12.6 Å². The Kier molecular flexibility index (Phi) is 12.1. The highest BCUT2D eigenvalue weighted by Gasteiger charge is 2.34. The van der Waals surface area contributed by atoms with Gasteiger partial charge in [-0.3, -0.25) is 13.9 Å². The fourth-order valence-electron chi connectivity index (χ4n) is 4.42. The van der Waals surface area contributed by atoms with Gasteiger partial charge in [0.15, 0.2) is 11.5 Å². The number of hydrogen-bond acceptors (Lipinski definition) is 6. The van der Waals surface area contributed by atoms with Crippen molar-refractivity contribution in [1.82, 2.24) is 10.2 Å². The Morgan fingerprint density at radius 2 is 1.56 bits per heavy atom. The third-order valence-electron chi connectivity index (χ3n) is 6.99. The number of carbonyl (C=O) groups is 2. The fourth-order valence-corrected chi connectivity index (χ4v) is 6.17. The van der Waals surface area contributed by atoms with Crippen LogP contribution in [-0.2, 0) is 26.2 Å². The molecule has 43 heavy (non-hydrogen) atoms. The van der Waals surface area contributed by atoms with Gasteiger partial charge < -0.3 is 19.7 Å². The van der Waals surface area contributed by atoms with Crippen molar-refractivity contribution in [3.8, 4) is 11.5 Å². The van der Waals surface area contributed by atoms with E-state index in [1.165, 1.54) is 37.3 Å². The van der Waals surface area contributed by atoms with E-state index in [1.807, 2.05) is 13.8 Å². The van der Waals surface area contributed by atoms with Crippen LogP contribution in [0.2, 0.25) is 10.0 Å². The molecule has 1 N–H and O–H groups in total. The van der Waals surface area contributed by atoms with Gasteiger partial charge in [-0.1, -0.05) is 61.3 Å². The number of anilines is 1. The third kappa shape index (κ3) is 8.34. The second-order valence-electron chi connectivity index (χ2n) is 9.88. The van der Waals surface area contributed by atoms with Gasteiger partial charge in [-0.15, -0.1) is 0 Å². The van der Waals surface area contributed by atoms with Crippen LogP contribution >= 0.6 is 23.2 Å². The first-order valence-electron chi connectivity index (χ1n) is 13.8. The molecule has 12 heteroatoms. The maximum Gasteiger partial charge on any atom is 0.264 e. The Balaban J connectivity index is 2.09. The molecule has 0 saturated heterocycles. The molecule has 0 aromatic heterocycles. The van der Waals surface area contributed by atoms with Crippen molar-refractivity contribution >= 4 is 50.7 Å². The molecule has 9 nitrogen and oxygen atoms in total. The zero-order valence-electron chi connectivity index (χ0n) is 24.8. The van der Waals surface area contributed by atoms with Gasteiger partial charge in [0, 0.05) is 18.7 Å². The molecule has 0 heterocycles. The lowest BCUT2D eigenvalue weighted by Crippen LogP contribution is -2.53. The van der Waals surface area contributed by atoms with Crippen LogP contribution in [0.15, 0.2) is 71.6 Å². The Labute approximate surface area is 263 Å². The quantitative estimate of drug-likeness (QED) is 0.232. The van der Waals surface area contributed by atoms with Crippen molar-refractivity contribution in [3.05, 3.63) is 82.3 Å². The predicted octanol–water partition coefficient (Wildman–Crippen LogP) is 5.93. The molecule has 0 saturated carbocycles. The fraction of sp³-hybridized carbons (Fsp3) is 0.355. The molecule has 2 amide bonds. The summed E-state index contributed by atoms with van der Waals surface area (Å²) in [5.41, 5.74) is 0.906. The summed E-state index contributed by atoms with van der Waals surface area (Å²) < 4.78 is 39.8. The molecular formula is C31H37Cl2N3O6S. The van der Waals surface area contributed by atoms with Crippen LogP contribution in [-0.4, -0.2) is 58.0 Å². The minimum atomic E-state index is -4.29. The Bertz CT molecular complexity index is 1520. The summed E-state index contributed by atoms with van der Waals surface area (Å²) in [6.07, 6.45) is 0.997. The number of methoxy groups -OCH3 is 2.